The minimum atomic E-state index is 0.0846. The summed E-state index contributed by atoms with van der Waals surface area (Å²) in [7, 11) is 4.14. The van der Waals surface area contributed by atoms with Crippen LogP contribution in [-0.2, 0) is 16.1 Å². The number of piperidine rings is 1. The highest BCUT2D eigenvalue weighted by Gasteiger charge is 2.29. The zero-order chi connectivity index (χ0) is 19.2. The van der Waals surface area contributed by atoms with Gasteiger partial charge >= 0.3 is 0 Å². The molecule has 1 aromatic heterocycles. The van der Waals surface area contributed by atoms with Crippen LogP contribution in [-0.4, -0.2) is 82.9 Å². The molecule has 0 aliphatic carbocycles. The molecule has 7 nitrogen and oxygen atoms in total. The number of aromatic nitrogens is 2. The Morgan fingerprint density at radius 2 is 2.07 bits per heavy atom. The molecule has 2 aliphatic heterocycles. The van der Waals surface area contributed by atoms with E-state index in [1.807, 2.05) is 17.3 Å². The summed E-state index contributed by atoms with van der Waals surface area (Å²) < 4.78 is 2.22. The SMILES string of the molecule is CN(C)CCn1ccnc1[C@@H]1CCCN(C(=O)CN2CCCCCC2=O)C1. The molecule has 1 atom stereocenters. The summed E-state index contributed by atoms with van der Waals surface area (Å²) in [5, 5.41) is 0. The van der Waals surface area contributed by atoms with Crippen LogP contribution in [0.1, 0.15) is 50.3 Å². The molecule has 27 heavy (non-hydrogen) atoms. The fourth-order valence-corrected chi connectivity index (χ4v) is 4.06. The highest BCUT2D eigenvalue weighted by molar-refractivity contribution is 5.85. The summed E-state index contributed by atoms with van der Waals surface area (Å²) in [4.78, 5) is 35.5. The minimum Gasteiger partial charge on any atom is -0.340 e. The average molecular weight is 376 g/mol. The quantitative estimate of drug-likeness (QED) is 0.757. The second-order valence-electron chi connectivity index (χ2n) is 8.09. The summed E-state index contributed by atoms with van der Waals surface area (Å²) in [6.07, 6.45) is 9.57. The van der Waals surface area contributed by atoms with Gasteiger partial charge in [-0.2, -0.15) is 0 Å². The maximum atomic E-state index is 12.8. The first-order valence-electron chi connectivity index (χ1n) is 10.3. The van der Waals surface area contributed by atoms with Crippen molar-refractivity contribution in [1.82, 2.24) is 24.3 Å². The van der Waals surface area contributed by atoms with E-state index in [1.54, 1.807) is 4.90 Å². The van der Waals surface area contributed by atoms with Crippen molar-refractivity contribution in [3.05, 3.63) is 18.2 Å². The van der Waals surface area contributed by atoms with Crippen molar-refractivity contribution in [1.29, 1.82) is 0 Å². The Labute approximate surface area is 162 Å². The molecule has 7 heteroatoms. The first kappa shape index (κ1) is 19.9. The van der Waals surface area contributed by atoms with Crippen LogP contribution in [0.5, 0.6) is 0 Å². The topological polar surface area (TPSA) is 61.7 Å². The molecule has 2 fully saturated rings. The number of amides is 2. The number of hydrogen-bond acceptors (Lipinski definition) is 4. The van der Waals surface area contributed by atoms with Crippen LogP contribution in [0.25, 0.3) is 0 Å². The number of nitrogens with zero attached hydrogens (tertiary/aromatic N) is 5. The molecule has 0 saturated carbocycles. The number of carbonyl (C=O) groups excluding carboxylic acids is 2. The van der Waals surface area contributed by atoms with Crippen molar-refractivity contribution < 1.29 is 9.59 Å². The molecule has 3 heterocycles. The van der Waals surface area contributed by atoms with E-state index in [0.717, 1.165) is 64.1 Å². The van der Waals surface area contributed by atoms with Gasteiger partial charge in [0, 0.05) is 57.5 Å². The number of likely N-dealkylation sites (tertiary alicyclic amines) is 2. The van der Waals surface area contributed by atoms with Crippen molar-refractivity contribution >= 4 is 11.8 Å². The molecule has 1 aromatic rings. The monoisotopic (exact) mass is 375 g/mol. The van der Waals surface area contributed by atoms with E-state index in [9.17, 15) is 9.59 Å². The standard InChI is InChI=1S/C20H33N5O2/c1-22(2)13-14-23-12-9-21-20(23)17-7-6-11-24(15-17)19(27)16-25-10-5-3-4-8-18(25)26/h9,12,17H,3-8,10-11,13-16H2,1-2H3/t17-/m1/s1. The molecule has 0 N–H and O–H groups in total. The lowest BCUT2D eigenvalue weighted by Gasteiger charge is -2.34. The maximum Gasteiger partial charge on any atom is 0.242 e. The predicted octanol–water partition coefficient (Wildman–Crippen LogP) is 1.55. The van der Waals surface area contributed by atoms with Crippen LogP contribution < -0.4 is 0 Å². The van der Waals surface area contributed by atoms with Gasteiger partial charge in [-0.25, -0.2) is 4.98 Å². The third-order valence-corrected chi connectivity index (χ3v) is 5.67. The summed E-state index contributed by atoms with van der Waals surface area (Å²) in [6.45, 7) is 4.33. The fraction of sp³-hybridized carbons (Fsp3) is 0.750. The lowest BCUT2D eigenvalue weighted by atomic mass is 9.97. The largest absolute Gasteiger partial charge is 0.340 e. The van der Waals surface area contributed by atoms with Crippen molar-refractivity contribution in [2.24, 2.45) is 0 Å². The van der Waals surface area contributed by atoms with Crippen LogP contribution in [0.2, 0.25) is 0 Å². The van der Waals surface area contributed by atoms with Crippen LogP contribution in [0.15, 0.2) is 12.4 Å². The predicted molar refractivity (Wildman–Crippen MR) is 104 cm³/mol. The van der Waals surface area contributed by atoms with Gasteiger partial charge < -0.3 is 19.3 Å². The zero-order valence-corrected chi connectivity index (χ0v) is 16.8. The summed E-state index contributed by atoms with van der Waals surface area (Å²) in [5.41, 5.74) is 0. The van der Waals surface area contributed by atoms with Gasteiger partial charge in [-0.3, -0.25) is 9.59 Å². The van der Waals surface area contributed by atoms with E-state index in [0.29, 0.717) is 13.0 Å². The third-order valence-electron chi connectivity index (χ3n) is 5.67. The molecule has 0 unspecified atom stereocenters. The van der Waals surface area contributed by atoms with Crippen molar-refractivity contribution in [2.45, 2.75) is 51.0 Å². The fourth-order valence-electron chi connectivity index (χ4n) is 4.06. The molecule has 2 amide bonds. The first-order chi connectivity index (χ1) is 13.0. The van der Waals surface area contributed by atoms with Gasteiger partial charge in [0.1, 0.15) is 5.82 Å². The van der Waals surface area contributed by atoms with Crippen LogP contribution >= 0.6 is 0 Å². The zero-order valence-electron chi connectivity index (χ0n) is 16.8. The van der Waals surface area contributed by atoms with Crippen molar-refractivity contribution in [3.8, 4) is 0 Å². The second-order valence-corrected chi connectivity index (χ2v) is 8.09. The number of likely N-dealkylation sites (N-methyl/N-ethyl adjacent to an activating group) is 1. The van der Waals surface area contributed by atoms with E-state index in [2.05, 4.69) is 28.5 Å². The minimum absolute atomic E-state index is 0.0846. The molecular formula is C20H33N5O2. The Hall–Kier alpha value is -1.89. The van der Waals surface area contributed by atoms with Gasteiger partial charge in [0.15, 0.2) is 0 Å². The van der Waals surface area contributed by atoms with E-state index < -0.39 is 0 Å². The number of carbonyl (C=O) groups is 2. The number of imidazole rings is 1. The molecule has 3 rings (SSSR count). The van der Waals surface area contributed by atoms with Gasteiger partial charge in [0.2, 0.25) is 11.8 Å². The Kier molecular flexibility index (Phi) is 6.88. The highest BCUT2D eigenvalue weighted by atomic mass is 16.2. The van der Waals surface area contributed by atoms with Crippen molar-refractivity contribution in [3.63, 3.8) is 0 Å². The second kappa shape index (κ2) is 9.35. The van der Waals surface area contributed by atoms with Gasteiger partial charge in [-0.15, -0.1) is 0 Å². The third kappa shape index (κ3) is 5.31. The Morgan fingerprint density at radius 1 is 1.22 bits per heavy atom. The summed E-state index contributed by atoms with van der Waals surface area (Å²) in [6, 6.07) is 0. The van der Waals surface area contributed by atoms with Gasteiger partial charge in [0.05, 0.1) is 6.54 Å². The van der Waals surface area contributed by atoms with Crippen LogP contribution in [0.4, 0.5) is 0 Å². The lowest BCUT2D eigenvalue weighted by molar-refractivity contribution is -0.140. The summed E-state index contributed by atoms with van der Waals surface area (Å²) >= 11 is 0. The first-order valence-corrected chi connectivity index (χ1v) is 10.3. The maximum absolute atomic E-state index is 12.8. The molecule has 2 saturated heterocycles. The van der Waals surface area contributed by atoms with Gasteiger partial charge in [-0.1, -0.05) is 6.42 Å². The van der Waals surface area contributed by atoms with E-state index in [-0.39, 0.29) is 24.3 Å². The van der Waals surface area contributed by atoms with Gasteiger partial charge in [-0.05, 0) is 39.8 Å². The van der Waals surface area contributed by atoms with Crippen molar-refractivity contribution in [2.75, 3.05) is 46.8 Å². The summed E-state index contributed by atoms with van der Waals surface area (Å²) in [5.74, 6) is 1.58. The Bertz CT molecular complexity index is 642. The normalized spacial score (nSPS) is 21.6. The number of hydrogen-bond donors (Lipinski definition) is 0. The van der Waals surface area contributed by atoms with E-state index in [1.165, 1.54) is 0 Å². The Morgan fingerprint density at radius 3 is 2.89 bits per heavy atom. The molecule has 150 valence electrons. The Balaban J connectivity index is 1.60. The molecular weight excluding hydrogens is 342 g/mol. The number of rotatable bonds is 6. The molecule has 0 spiro atoms. The average Bonchev–Trinajstić information content (AvgIpc) is 3.04. The molecule has 0 radical (unpaired) electrons. The van der Waals surface area contributed by atoms with Crippen LogP contribution in [0.3, 0.4) is 0 Å². The molecule has 0 bridgehead atoms. The van der Waals surface area contributed by atoms with E-state index in [4.69, 9.17) is 0 Å². The lowest BCUT2D eigenvalue weighted by Crippen LogP contribution is -2.46. The molecule has 0 aromatic carbocycles. The smallest absolute Gasteiger partial charge is 0.242 e. The van der Waals surface area contributed by atoms with Gasteiger partial charge in [0.25, 0.3) is 0 Å². The van der Waals surface area contributed by atoms with Crippen LogP contribution in [0, 0.1) is 0 Å². The molecule has 2 aliphatic rings. The highest BCUT2D eigenvalue weighted by Crippen LogP contribution is 2.26. The van der Waals surface area contributed by atoms with E-state index >= 15 is 0 Å².